The maximum absolute atomic E-state index is 13.3. The summed E-state index contributed by atoms with van der Waals surface area (Å²) in [6.45, 7) is 8.17. The number of rotatable bonds is 7. The molecule has 1 heterocycles. The zero-order valence-corrected chi connectivity index (χ0v) is 21.0. The SMILES string of the molecule is CCS(=O)(=O)Nc1ccc(NC(=O)c2cc(C)c(C)c(S(=O)(=O)N3CCC(C)CC3)c2)cc1. The van der Waals surface area contributed by atoms with Crippen LogP contribution in [0.25, 0.3) is 0 Å². The molecule has 180 valence electrons. The number of sulfonamides is 2. The average Bonchev–Trinajstić information content (AvgIpc) is 2.76. The number of anilines is 2. The predicted molar refractivity (Wildman–Crippen MR) is 131 cm³/mol. The van der Waals surface area contributed by atoms with E-state index in [1.165, 1.54) is 10.4 Å². The Morgan fingerprint density at radius 2 is 1.58 bits per heavy atom. The molecule has 3 rings (SSSR count). The molecule has 1 aliphatic heterocycles. The number of hydrogen-bond acceptors (Lipinski definition) is 5. The predicted octanol–water partition coefficient (Wildman–Crippen LogP) is 3.74. The van der Waals surface area contributed by atoms with Gasteiger partial charge in [-0.25, -0.2) is 16.8 Å². The topological polar surface area (TPSA) is 113 Å². The van der Waals surface area contributed by atoms with Crippen LogP contribution in [-0.2, 0) is 20.0 Å². The first-order valence-corrected chi connectivity index (χ1v) is 14.1. The smallest absolute Gasteiger partial charge is 0.255 e. The third-order valence-corrected chi connectivity index (χ3v) is 9.37. The van der Waals surface area contributed by atoms with Crippen molar-refractivity contribution in [3.05, 3.63) is 53.1 Å². The van der Waals surface area contributed by atoms with E-state index in [-0.39, 0.29) is 16.2 Å². The first-order chi connectivity index (χ1) is 15.4. The lowest BCUT2D eigenvalue weighted by Crippen LogP contribution is -2.38. The van der Waals surface area contributed by atoms with Gasteiger partial charge in [0.2, 0.25) is 20.0 Å². The lowest BCUT2D eigenvalue weighted by Gasteiger charge is -2.30. The molecule has 2 aromatic rings. The van der Waals surface area contributed by atoms with Gasteiger partial charge in [-0.1, -0.05) is 6.92 Å². The number of nitrogens with zero attached hydrogens (tertiary/aromatic N) is 1. The van der Waals surface area contributed by atoms with E-state index >= 15 is 0 Å². The molecule has 10 heteroatoms. The van der Waals surface area contributed by atoms with E-state index < -0.39 is 26.0 Å². The minimum absolute atomic E-state index is 0.0417. The molecule has 0 bridgehead atoms. The summed E-state index contributed by atoms with van der Waals surface area (Å²) < 4.78 is 53.9. The summed E-state index contributed by atoms with van der Waals surface area (Å²) in [5.41, 5.74) is 2.46. The Kier molecular flexibility index (Phi) is 7.50. The lowest BCUT2D eigenvalue weighted by molar-refractivity contribution is 0.102. The fraction of sp³-hybridized carbons (Fsp3) is 0.435. The molecule has 0 unspecified atom stereocenters. The van der Waals surface area contributed by atoms with Gasteiger partial charge in [0, 0.05) is 30.0 Å². The van der Waals surface area contributed by atoms with Gasteiger partial charge in [-0.3, -0.25) is 9.52 Å². The molecule has 0 spiro atoms. The zero-order valence-electron chi connectivity index (χ0n) is 19.4. The van der Waals surface area contributed by atoms with Crippen molar-refractivity contribution in [3.8, 4) is 0 Å². The molecule has 2 aromatic carbocycles. The van der Waals surface area contributed by atoms with Gasteiger partial charge in [0.05, 0.1) is 10.6 Å². The van der Waals surface area contributed by atoms with Gasteiger partial charge >= 0.3 is 0 Å². The fourth-order valence-corrected chi connectivity index (χ4v) is 6.10. The average molecular weight is 494 g/mol. The van der Waals surface area contributed by atoms with Crippen LogP contribution in [0.3, 0.4) is 0 Å². The number of hydrogen-bond donors (Lipinski definition) is 2. The van der Waals surface area contributed by atoms with Crippen LogP contribution in [0.1, 0.15) is 48.2 Å². The molecule has 0 aromatic heterocycles. The van der Waals surface area contributed by atoms with Crippen LogP contribution in [0.4, 0.5) is 11.4 Å². The zero-order chi connectivity index (χ0) is 24.4. The molecular formula is C23H31N3O5S2. The maximum Gasteiger partial charge on any atom is 0.255 e. The third-order valence-electron chi connectivity index (χ3n) is 6.04. The van der Waals surface area contributed by atoms with Gasteiger partial charge in [0.1, 0.15) is 0 Å². The Morgan fingerprint density at radius 1 is 1.00 bits per heavy atom. The normalized spacial score (nSPS) is 15.9. The largest absolute Gasteiger partial charge is 0.322 e. The van der Waals surface area contributed by atoms with Crippen molar-refractivity contribution in [3.63, 3.8) is 0 Å². The summed E-state index contributed by atoms with van der Waals surface area (Å²) >= 11 is 0. The highest BCUT2D eigenvalue weighted by molar-refractivity contribution is 7.92. The van der Waals surface area contributed by atoms with E-state index in [0.717, 1.165) is 18.4 Å². The number of carbonyl (C=O) groups excluding carboxylic acids is 1. The van der Waals surface area contributed by atoms with Crippen LogP contribution >= 0.6 is 0 Å². The summed E-state index contributed by atoms with van der Waals surface area (Å²) in [6.07, 6.45) is 1.64. The van der Waals surface area contributed by atoms with Crippen molar-refractivity contribution in [2.24, 2.45) is 5.92 Å². The molecule has 0 saturated carbocycles. The number of benzene rings is 2. The van der Waals surface area contributed by atoms with Crippen LogP contribution in [0.5, 0.6) is 0 Å². The van der Waals surface area contributed by atoms with E-state index in [2.05, 4.69) is 17.0 Å². The molecule has 0 atom stereocenters. The van der Waals surface area contributed by atoms with Crippen LogP contribution in [0.2, 0.25) is 0 Å². The standard InChI is InChI=1S/C23H31N3O5S2/c1-5-32(28,29)25-21-8-6-20(7-9-21)24-23(27)19-14-17(3)18(4)22(15-19)33(30,31)26-12-10-16(2)11-13-26/h6-9,14-16,25H,5,10-13H2,1-4H3,(H,24,27). The summed E-state index contributed by atoms with van der Waals surface area (Å²) in [4.78, 5) is 13.1. The maximum atomic E-state index is 13.3. The first-order valence-electron chi connectivity index (χ1n) is 11.0. The molecule has 0 aliphatic carbocycles. The van der Waals surface area contributed by atoms with Gasteiger partial charge in [-0.15, -0.1) is 0 Å². The molecular weight excluding hydrogens is 462 g/mol. The van der Waals surface area contributed by atoms with Crippen molar-refractivity contribution in [1.29, 1.82) is 0 Å². The van der Waals surface area contributed by atoms with E-state index in [1.54, 1.807) is 51.1 Å². The van der Waals surface area contributed by atoms with Crippen molar-refractivity contribution < 1.29 is 21.6 Å². The van der Waals surface area contributed by atoms with E-state index in [9.17, 15) is 21.6 Å². The first kappa shape index (κ1) is 25.2. The van der Waals surface area contributed by atoms with E-state index in [0.29, 0.717) is 35.9 Å². The van der Waals surface area contributed by atoms with Gasteiger partial charge < -0.3 is 5.32 Å². The minimum Gasteiger partial charge on any atom is -0.322 e. The molecule has 33 heavy (non-hydrogen) atoms. The summed E-state index contributed by atoms with van der Waals surface area (Å²) in [5.74, 6) is 0.0173. The molecule has 1 aliphatic rings. The van der Waals surface area contributed by atoms with E-state index in [1.807, 2.05) is 0 Å². The second kappa shape index (κ2) is 9.82. The Morgan fingerprint density at radius 3 is 2.15 bits per heavy atom. The number of amides is 1. The Bertz CT molecular complexity index is 1230. The third kappa shape index (κ3) is 5.93. The Hall–Kier alpha value is -2.43. The molecule has 0 radical (unpaired) electrons. The van der Waals surface area contributed by atoms with Crippen LogP contribution in [-0.4, -0.2) is 45.9 Å². The number of aryl methyl sites for hydroxylation is 1. The fourth-order valence-electron chi connectivity index (χ4n) is 3.67. The lowest BCUT2D eigenvalue weighted by atomic mass is 10.0. The van der Waals surface area contributed by atoms with Gasteiger partial charge in [-0.05, 0) is 87.1 Å². The summed E-state index contributed by atoms with van der Waals surface area (Å²) in [7, 11) is -7.09. The minimum atomic E-state index is -3.70. The monoisotopic (exact) mass is 493 g/mol. The van der Waals surface area contributed by atoms with Gasteiger partial charge in [0.15, 0.2) is 0 Å². The molecule has 1 saturated heterocycles. The summed E-state index contributed by atoms with van der Waals surface area (Å²) in [5, 5.41) is 2.75. The van der Waals surface area contributed by atoms with Crippen molar-refractivity contribution in [2.45, 2.75) is 45.4 Å². The Labute approximate surface area is 196 Å². The van der Waals surface area contributed by atoms with E-state index in [4.69, 9.17) is 0 Å². The van der Waals surface area contributed by atoms with Crippen LogP contribution in [0, 0.1) is 19.8 Å². The highest BCUT2D eigenvalue weighted by atomic mass is 32.2. The van der Waals surface area contributed by atoms with Crippen molar-refractivity contribution in [2.75, 3.05) is 28.9 Å². The summed E-state index contributed by atoms with van der Waals surface area (Å²) in [6, 6.07) is 9.38. The molecule has 1 amide bonds. The Balaban J connectivity index is 1.82. The van der Waals surface area contributed by atoms with Gasteiger partial charge in [0.25, 0.3) is 5.91 Å². The number of nitrogens with one attached hydrogen (secondary N) is 2. The molecule has 2 N–H and O–H groups in total. The molecule has 1 fully saturated rings. The second-order valence-electron chi connectivity index (χ2n) is 8.54. The quantitative estimate of drug-likeness (QED) is 0.610. The highest BCUT2D eigenvalue weighted by Gasteiger charge is 2.30. The second-order valence-corrected chi connectivity index (χ2v) is 12.5. The van der Waals surface area contributed by atoms with Crippen LogP contribution < -0.4 is 10.0 Å². The van der Waals surface area contributed by atoms with Crippen molar-refractivity contribution >= 4 is 37.3 Å². The number of piperidine rings is 1. The highest BCUT2D eigenvalue weighted by Crippen LogP contribution is 2.28. The van der Waals surface area contributed by atoms with Crippen LogP contribution in [0.15, 0.2) is 41.3 Å². The van der Waals surface area contributed by atoms with Crippen molar-refractivity contribution in [1.82, 2.24) is 4.31 Å². The number of carbonyl (C=O) groups is 1. The molecule has 8 nitrogen and oxygen atoms in total. The van der Waals surface area contributed by atoms with Gasteiger partial charge in [-0.2, -0.15) is 4.31 Å².